The molecule has 0 aliphatic carbocycles. The van der Waals surface area contributed by atoms with E-state index in [9.17, 15) is 9.90 Å². The standard InChI is InChI=1S/C25H22Cl2N2O3/c26-20-10-9-16(11-21(20)27)15-32-24-8-4-1-5-17(24)13-29-23(25(30)31)12-18-14-28-22-7-3-2-6-19(18)22/h1-11,14,23,28-29H,12-13,15H2,(H,30,31)/t23-/m0/s1. The lowest BCUT2D eigenvalue weighted by Gasteiger charge is -2.17. The zero-order chi connectivity index (χ0) is 22.5. The van der Waals surface area contributed by atoms with Gasteiger partial charge in [0.25, 0.3) is 0 Å². The number of hydrogen-bond acceptors (Lipinski definition) is 3. The van der Waals surface area contributed by atoms with Gasteiger partial charge in [0, 0.05) is 35.6 Å². The number of halogens is 2. The highest BCUT2D eigenvalue weighted by Crippen LogP contribution is 2.25. The summed E-state index contributed by atoms with van der Waals surface area (Å²) in [5, 5.41) is 14.9. The molecule has 4 aromatic rings. The van der Waals surface area contributed by atoms with Gasteiger partial charge in [0.05, 0.1) is 10.0 Å². The van der Waals surface area contributed by atoms with Gasteiger partial charge in [0.15, 0.2) is 0 Å². The molecule has 0 saturated carbocycles. The summed E-state index contributed by atoms with van der Waals surface area (Å²) >= 11 is 12.1. The summed E-state index contributed by atoms with van der Waals surface area (Å²) in [5.74, 6) is -0.216. The molecule has 1 heterocycles. The molecule has 0 bridgehead atoms. The molecule has 0 fully saturated rings. The largest absolute Gasteiger partial charge is 0.489 e. The van der Waals surface area contributed by atoms with Crippen molar-refractivity contribution in [1.82, 2.24) is 10.3 Å². The monoisotopic (exact) mass is 468 g/mol. The van der Waals surface area contributed by atoms with Crippen molar-refractivity contribution < 1.29 is 14.6 Å². The summed E-state index contributed by atoms with van der Waals surface area (Å²) in [6, 6.07) is 20.1. The van der Waals surface area contributed by atoms with Crippen LogP contribution in [0.3, 0.4) is 0 Å². The number of rotatable bonds is 9. The fraction of sp³-hybridized carbons (Fsp3) is 0.160. The summed E-state index contributed by atoms with van der Waals surface area (Å²) in [6.07, 6.45) is 2.24. The van der Waals surface area contributed by atoms with E-state index in [1.54, 1.807) is 12.1 Å². The van der Waals surface area contributed by atoms with Crippen LogP contribution in [0.4, 0.5) is 0 Å². The van der Waals surface area contributed by atoms with Crippen molar-refractivity contribution in [3.63, 3.8) is 0 Å². The Morgan fingerprint density at radius 1 is 1.00 bits per heavy atom. The van der Waals surface area contributed by atoms with Crippen LogP contribution in [-0.2, 0) is 24.4 Å². The molecular formula is C25H22Cl2N2O3. The third kappa shape index (κ3) is 5.25. The highest BCUT2D eigenvalue weighted by atomic mass is 35.5. The zero-order valence-corrected chi connectivity index (χ0v) is 18.7. The molecular weight excluding hydrogens is 447 g/mol. The summed E-state index contributed by atoms with van der Waals surface area (Å²) < 4.78 is 5.98. The molecule has 0 spiro atoms. The first-order valence-corrected chi connectivity index (χ1v) is 10.9. The topological polar surface area (TPSA) is 74.3 Å². The molecule has 32 heavy (non-hydrogen) atoms. The second-order valence-corrected chi connectivity index (χ2v) is 8.29. The summed E-state index contributed by atoms with van der Waals surface area (Å²) in [6.45, 7) is 0.683. The van der Waals surface area contributed by atoms with E-state index in [1.165, 1.54) is 0 Å². The molecule has 0 aliphatic rings. The van der Waals surface area contributed by atoms with Crippen LogP contribution in [0.2, 0.25) is 10.0 Å². The van der Waals surface area contributed by atoms with Crippen molar-refractivity contribution in [2.45, 2.75) is 25.6 Å². The number of carboxylic acid groups (broad SMARTS) is 1. The van der Waals surface area contributed by atoms with Gasteiger partial charge in [-0.15, -0.1) is 0 Å². The smallest absolute Gasteiger partial charge is 0.321 e. The maximum absolute atomic E-state index is 11.9. The van der Waals surface area contributed by atoms with Crippen LogP contribution < -0.4 is 10.1 Å². The fourth-order valence-electron chi connectivity index (χ4n) is 3.58. The molecule has 0 saturated heterocycles. The number of aromatic amines is 1. The number of carboxylic acids is 1. The number of nitrogens with one attached hydrogen (secondary N) is 2. The van der Waals surface area contributed by atoms with Crippen LogP contribution in [-0.4, -0.2) is 22.1 Å². The molecule has 0 amide bonds. The lowest BCUT2D eigenvalue weighted by atomic mass is 10.0. The Hall–Kier alpha value is -2.99. The average Bonchev–Trinajstić information content (AvgIpc) is 3.20. The number of hydrogen-bond donors (Lipinski definition) is 3. The van der Waals surface area contributed by atoms with Gasteiger partial charge in [-0.05, 0) is 35.4 Å². The molecule has 5 nitrogen and oxygen atoms in total. The zero-order valence-electron chi connectivity index (χ0n) is 17.1. The van der Waals surface area contributed by atoms with Crippen molar-refractivity contribution >= 4 is 40.1 Å². The molecule has 164 valence electrons. The maximum atomic E-state index is 11.9. The van der Waals surface area contributed by atoms with Crippen molar-refractivity contribution in [2.24, 2.45) is 0 Å². The third-order valence-electron chi connectivity index (χ3n) is 5.29. The van der Waals surface area contributed by atoms with E-state index in [1.807, 2.05) is 60.8 Å². The van der Waals surface area contributed by atoms with E-state index < -0.39 is 12.0 Å². The van der Waals surface area contributed by atoms with Gasteiger partial charge in [-0.25, -0.2) is 0 Å². The van der Waals surface area contributed by atoms with Gasteiger partial charge >= 0.3 is 5.97 Å². The van der Waals surface area contributed by atoms with Crippen LogP contribution in [0.15, 0.2) is 72.9 Å². The van der Waals surface area contributed by atoms with Crippen LogP contribution in [0.5, 0.6) is 5.75 Å². The Bertz CT molecular complexity index is 1240. The molecule has 1 aromatic heterocycles. The van der Waals surface area contributed by atoms with E-state index in [0.717, 1.165) is 27.6 Å². The predicted molar refractivity (Wildman–Crippen MR) is 128 cm³/mol. The Morgan fingerprint density at radius 2 is 1.78 bits per heavy atom. The van der Waals surface area contributed by atoms with Crippen LogP contribution in [0.25, 0.3) is 10.9 Å². The van der Waals surface area contributed by atoms with Gasteiger partial charge in [0.1, 0.15) is 18.4 Å². The number of para-hydroxylation sites is 2. The summed E-state index contributed by atoms with van der Waals surface area (Å²) in [7, 11) is 0. The summed E-state index contributed by atoms with van der Waals surface area (Å²) in [5.41, 5.74) is 3.72. The van der Waals surface area contributed by atoms with Gasteiger partial charge in [-0.1, -0.05) is 65.7 Å². The van der Waals surface area contributed by atoms with Crippen molar-refractivity contribution in [2.75, 3.05) is 0 Å². The number of aromatic nitrogens is 1. The molecule has 3 N–H and O–H groups in total. The minimum Gasteiger partial charge on any atom is -0.489 e. The second kappa shape index (κ2) is 10.1. The quantitative estimate of drug-likeness (QED) is 0.288. The molecule has 3 aromatic carbocycles. The van der Waals surface area contributed by atoms with Crippen LogP contribution >= 0.6 is 23.2 Å². The van der Waals surface area contributed by atoms with Crippen molar-refractivity contribution in [3.8, 4) is 5.75 Å². The maximum Gasteiger partial charge on any atom is 0.321 e. The van der Waals surface area contributed by atoms with E-state index in [2.05, 4.69) is 10.3 Å². The number of ether oxygens (including phenoxy) is 1. The normalized spacial score (nSPS) is 12.1. The van der Waals surface area contributed by atoms with E-state index >= 15 is 0 Å². The first kappa shape index (κ1) is 22.2. The van der Waals surface area contributed by atoms with Crippen molar-refractivity contribution in [3.05, 3.63) is 99.7 Å². The number of H-pyrrole nitrogens is 1. The minimum absolute atomic E-state index is 0.325. The Balaban J connectivity index is 1.43. The van der Waals surface area contributed by atoms with Gasteiger partial charge in [-0.2, -0.15) is 0 Å². The molecule has 0 aliphatic heterocycles. The van der Waals surface area contributed by atoms with Crippen LogP contribution in [0.1, 0.15) is 16.7 Å². The van der Waals surface area contributed by atoms with E-state index in [-0.39, 0.29) is 0 Å². The first-order chi connectivity index (χ1) is 15.5. The van der Waals surface area contributed by atoms with E-state index in [4.69, 9.17) is 27.9 Å². The average molecular weight is 469 g/mol. The molecule has 7 heteroatoms. The Labute approximate surface area is 195 Å². The van der Waals surface area contributed by atoms with Gasteiger partial charge in [0.2, 0.25) is 0 Å². The fourth-order valence-corrected chi connectivity index (χ4v) is 3.90. The first-order valence-electron chi connectivity index (χ1n) is 10.2. The molecule has 4 rings (SSSR count). The number of fused-ring (bicyclic) bond motifs is 1. The molecule has 1 atom stereocenters. The third-order valence-corrected chi connectivity index (χ3v) is 6.03. The lowest BCUT2D eigenvalue weighted by molar-refractivity contribution is -0.139. The number of carbonyl (C=O) groups is 1. The Morgan fingerprint density at radius 3 is 2.59 bits per heavy atom. The number of benzene rings is 3. The van der Waals surface area contributed by atoms with E-state index in [0.29, 0.717) is 35.4 Å². The highest BCUT2D eigenvalue weighted by Gasteiger charge is 2.20. The van der Waals surface area contributed by atoms with Crippen LogP contribution in [0, 0.1) is 0 Å². The molecule has 0 unspecified atom stereocenters. The number of aliphatic carboxylic acids is 1. The summed E-state index contributed by atoms with van der Waals surface area (Å²) in [4.78, 5) is 15.1. The highest BCUT2D eigenvalue weighted by molar-refractivity contribution is 6.42. The predicted octanol–water partition coefficient (Wildman–Crippen LogP) is 5.84. The molecule has 0 radical (unpaired) electrons. The van der Waals surface area contributed by atoms with Gasteiger partial charge in [-0.3, -0.25) is 10.1 Å². The van der Waals surface area contributed by atoms with Gasteiger partial charge < -0.3 is 14.8 Å². The second-order valence-electron chi connectivity index (χ2n) is 7.48. The minimum atomic E-state index is -0.899. The van der Waals surface area contributed by atoms with Crippen molar-refractivity contribution in [1.29, 1.82) is 0 Å². The lowest BCUT2D eigenvalue weighted by Crippen LogP contribution is -2.38. The Kier molecular flexibility index (Phi) is 7.00. The SMILES string of the molecule is O=C(O)[C@H](Cc1c[nH]c2ccccc12)NCc1ccccc1OCc1ccc(Cl)c(Cl)c1.